The lowest BCUT2D eigenvalue weighted by atomic mass is 9.79. The van der Waals surface area contributed by atoms with Gasteiger partial charge in [0.2, 0.25) is 0 Å². The van der Waals surface area contributed by atoms with Gasteiger partial charge in [-0.05, 0) is 46.5 Å². The van der Waals surface area contributed by atoms with Gasteiger partial charge in [-0.25, -0.2) is 0 Å². The fourth-order valence-corrected chi connectivity index (χ4v) is 3.07. The largest absolute Gasteiger partial charge is 0.456 e. The summed E-state index contributed by atoms with van der Waals surface area (Å²) in [5.74, 6) is -1.35. The first kappa shape index (κ1) is 14.8. The van der Waals surface area contributed by atoms with Crippen LogP contribution in [0.1, 0.15) is 66.2 Å². The van der Waals surface area contributed by atoms with Crippen LogP contribution < -0.4 is 0 Å². The van der Waals surface area contributed by atoms with Crippen molar-refractivity contribution >= 4 is 5.97 Å². The third kappa shape index (κ3) is 2.79. The van der Waals surface area contributed by atoms with Crippen LogP contribution in [0.4, 0.5) is 0 Å². The van der Waals surface area contributed by atoms with Crippen LogP contribution in [0, 0.1) is 5.41 Å². The maximum atomic E-state index is 12.4. The minimum atomic E-state index is -1.17. The first-order valence-electron chi connectivity index (χ1n) is 7.34. The zero-order valence-corrected chi connectivity index (χ0v) is 12.5. The molecular weight excluding hydrogens is 244 g/mol. The number of fused-ring (bicyclic) bond motifs is 1. The number of ether oxygens (including phenoxy) is 2. The lowest BCUT2D eigenvalue weighted by molar-refractivity contribution is -0.194. The van der Waals surface area contributed by atoms with Crippen molar-refractivity contribution in [3.63, 3.8) is 0 Å². The topological polar surface area (TPSA) is 55.8 Å². The van der Waals surface area contributed by atoms with Gasteiger partial charge in [0, 0.05) is 6.42 Å². The Kier molecular flexibility index (Phi) is 3.69. The molecule has 0 spiro atoms. The summed E-state index contributed by atoms with van der Waals surface area (Å²) in [6, 6.07) is 0. The first-order chi connectivity index (χ1) is 8.71. The van der Waals surface area contributed by atoms with Crippen LogP contribution >= 0.6 is 0 Å². The molecule has 2 rings (SSSR count). The molecule has 2 fully saturated rings. The SMILES string of the molecule is CCC(C)(C)C(=O)OC12CCCCC1OC(C)(O)C2. The molecule has 1 saturated heterocycles. The number of carbonyl (C=O) groups excluding carboxylic acids is 1. The number of carbonyl (C=O) groups is 1. The van der Waals surface area contributed by atoms with Crippen molar-refractivity contribution in [2.75, 3.05) is 0 Å². The van der Waals surface area contributed by atoms with E-state index in [0.29, 0.717) is 6.42 Å². The maximum absolute atomic E-state index is 12.4. The van der Waals surface area contributed by atoms with Crippen LogP contribution in [0.3, 0.4) is 0 Å². The third-order valence-electron chi connectivity index (χ3n) is 4.66. The highest BCUT2D eigenvalue weighted by Crippen LogP contribution is 2.48. The van der Waals surface area contributed by atoms with E-state index in [-0.39, 0.29) is 12.1 Å². The summed E-state index contributed by atoms with van der Waals surface area (Å²) in [6.45, 7) is 7.44. The monoisotopic (exact) mass is 270 g/mol. The highest BCUT2D eigenvalue weighted by molar-refractivity contribution is 5.76. The average molecular weight is 270 g/mol. The van der Waals surface area contributed by atoms with Gasteiger partial charge in [0.1, 0.15) is 11.7 Å². The Morgan fingerprint density at radius 2 is 2.16 bits per heavy atom. The van der Waals surface area contributed by atoms with E-state index in [9.17, 15) is 9.90 Å². The van der Waals surface area contributed by atoms with Crippen molar-refractivity contribution in [1.29, 1.82) is 0 Å². The first-order valence-corrected chi connectivity index (χ1v) is 7.34. The summed E-state index contributed by atoms with van der Waals surface area (Å²) in [4.78, 5) is 12.4. The standard InChI is InChI=1S/C15H26O4/c1-5-13(2,3)12(16)19-15-9-7-6-8-11(15)18-14(4,17)10-15/h11,17H,5-10H2,1-4H3. The van der Waals surface area contributed by atoms with E-state index in [1.54, 1.807) is 6.92 Å². The molecule has 1 heterocycles. The summed E-state index contributed by atoms with van der Waals surface area (Å²) in [5, 5.41) is 10.1. The quantitative estimate of drug-likeness (QED) is 0.801. The molecule has 19 heavy (non-hydrogen) atoms. The Labute approximate surface area is 115 Å². The maximum Gasteiger partial charge on any atom is 0.312 e. The van der Waals surface area contributed by atoms with Crippen LogP contribution in [0.15, 0.2) is 0 Å². The van der Waals surface area contributed by atoms with Gasteiger partial charge in [-0.3, -0.25) is 4.79 Å². The number of aliphatic hydroxyl groups is 1. The summed E-state index contributed by atoms with van der Waals surface area (Å²) in [7, 11) is 0. The zero-order valence-electron chi connectivity index (χ0n) is 12.5. The Balaban J connectivity index is 2.18. The summed E-state index contributed by atoms with van der Waals surface area (Å²) in [6.07, 6.45) is 4.70. The highest BCUT2D eigenvalue weighted by Gasteiger charge is 2.57. The normalized spacial score (nSPS) is 38.9. The van der Waals surface area contributed by atoms with E-state index < -0.39 is 16.8 Å². The zero-order chi connectivity index (χ0) is 14.3. The average Bonchev–Trinajstić information content (AvgIpc) is 2.58. The number of esters is 1. The van der Waals surface area contributed by atoms with Crippen LogP contribution in [-0.4, -0.2) is 28.6 Å². The van der Waals surface area contributed by atoms with E-state index in [1.807, 2.05) is 20.8 Å². The Hall–Kier alpha value is -0.610. The van der Waals surface area contributed by atoms with Crippen molar-refractivity contribution in [1.82, 2.24) is 0 Å². The fourth-order valence-electron chi connectivity index (χ4n) is 3.07. The van der Waals surface area contributed by atoms with Gasteiger partial charge in [0.25, 0.3) is 0 Å². The molecule has 4 heteroatoms. The van der Waals surface area contributed by atoms with Gasteiger partial charge in [0.05, 0.1) is 5.41 Å². The number of hydrogen-bond acceptors (Lipinski definition) is 4. The number of rotatable bonds is 3. The minimum Gasteiger partial charge on any atom is -0.456 e. The van der Waals surface area contributed by atoms with Gasteiger partial charge < -0.3 is 14.6 Å². The lowest BCUT2D eigenvalue weighted by Gasteiger charge is -2.39. The molecule has 3 unspecified atom stereocenters. The van der Waals surface area contributed by atoms with Crippen molar-refractivity contribution in [3.05, 3.63) is 0 Å². The van der Waals surface area contributed by atoms with E-state index >= 15 is 0 Å². The molecule has 0 aromatic heterocycles. The summed E-state index contributed by atoms with van der Waals surface area (Å²) < 4.78 is 11.6. The predicted molar refractivity (Wildman–Crippen MR) is 71.5 cm³/mol. The van der Waals surface area contributed by atoms with Crippen LogP contribution in [0.2, 0.25) is 0 Å². The third-order valence-corrected chi connectivity index (χ3v) is 4.66. The second-order valence-corrected chi connectivity index (χ2v) is 6.90. The van der Waals surface area contributed by atoms with Crippen LogP contribution in [-0.2, 0) is 14.3 Å². The molecule has 0 aromatic rings. The minimum absolute atomic E-state index is 0.159. The van der Waals surface area contributed by atoms with Gasteiger partial charge in [-0.2, -0.15) is 0 Å². The molecule has 2 aliphatic rings. The molecule has 0 radical (unpaired) electrons. The van der Waals surface area contributed by atoms with E-state index in [2.05, 4.69) is 0 Å². The van der Waals surface area contributed by atoms with E-state index in [0.717, 1.165) is 32.1 Å². The van der Waals surface area contributed by atoms with Gasteiger partial charge in [0.15, 0.2) is 5.79 Å². The van der Waals surface area contributed by atoms with Crippen molar-refractivity contribution in [2.45, 2.75) is 83.7 Å². The van der Waals surface area contributed by atoms with Crippen molar-refractivity contribution < 1.29 is 19.4 Å². The van der Waals surface area contributed by atoms with Gasteiger partial charge in [-0.1, -0.05) is 13.3 Å². The van der Waals surface area contributed by atoms with Crippen LogP contribution in [0.25, 0.3) is 0 Å². The molecule has 0 amide bonds. The molecule has 1 saturated carbocycles. The molecule has 0 bridgehead atoms. The second kappa shape index (κ2) is 4.74. The van der Waals surface area contributed by atoms with E-state index in [1.165, 1.54) is 0 Å². The molecule has 110 valence electrons. The van der Waals surface area contributed by atoms with Gasteiger partial charge in [-0.15, -0.1) is 0 Å². The molecule has 1 N–H and O–H groups in total. The molecule has 0 aromatic carbocycles. The Bertz CT molecular complexity index is 361. The molecule has 4 nitrogen and oxygen atoms in total. The predicted octanol–water partition coefficient (Wildman–Crippen LogP) is 2.78. The Morgan fingerprint density at radius 3 is 2.79 bits per heavy atom. The number of hydrogen-bond donors (Lipinski definition) is 1. The van der Waals surface area contributed by atoms with Crippen LogP contribution in [0.5, 0.6) is 0 Å². The Morgan fingerprint density at radius 1 is 1.47 bits per heavy atom. The summed E-state index contributed by atoms with van der Waals surface area (Å²) >= 11 is 0. The molecule has 3 atom stereocenters. The fraction of sp³-hybridized carbons (Fsp3) is 0.933. The smallest absolute Gasteiger partial charge is 0.312 e. The van der Waals surface area contributed by atoms with Crippen molar-refractivity contribution in [2.24, 2.45) is 5.41 Å². The second-order valence-electron chi connectivity index (χ2n) is 6.90. The summed E-state index contributed by atoms with van der Waals surface area (Å²) in [5.41, 5.74) is -1.10. The van der Waals surface area contributed by atoms with E-state index in [4.69, 9.17) is 9.47 Å². The molecular formula is C15H26O4. The van der Waals surface area contributed by atoms with Gasteiger partial charge >= 0.3 is 5.97 Å². The highest BCUT2D eigenvalue weighted by atomic mass is 16.7. The molecule has 1 aliphatic carbocycles. The molecule has 1 aliphatic heterocycles. The lowest BCUT2D eigenvalue weighted by Crippen LogP contribution is -2.47. The van der Waals surface area contributed by atoms with Crippen molar-refractivity contribution in [3.8, 4) is 0 Å².